The second kappa shape index (κ2) is 11.1. The van der Waals surface area contributed by atoms with Crippen molar-refractivity contribution >= 4 is 41.7 Å². The Kier molecular flexibility index (Phi) is 9.99. The third-order valence-corrected chi connectivity index (χ3v) is 5.46. The molecule has 0 amide bonds. The molecule has 0 atom stereocenters. The maximum Gasteiger partial charge on any atom is 0.191 e. The number of hydrogen-bond donors (Lipinski definition) is 2. The highest BCUT2D eigenvalue weighted by atomic mass is 127. The Hall–Kier alpha value is -0.540. The summed E-state index contributed by atoms with van der Waals surface area (Å²) in [6.45, 7) is 5.25. The topological polar surface area (TPSA) is 45.7 Å². The van der Waals surface area contributed by atoms with Crippen LogP contribution in [-0.2, 0) is 11.3 Å². The van der Waals surface area contributed by atoms with Crippen LogP contribution in [0.2, 0.25) is 0 Å². The molecule has 0 saturated carbocycles. The fraction of sp³-hybridized carbons (Fsp3) is 0.588. The average molecular weight is 467 g/mol. The van der Waals surface area contributed by atoms with E-state index in [1.807, 2.05) is 17.8 Å². The molecule has 136 valence electrons. The predicted octanol–water partition coefficient (Wildman–Crippen LogP) is 3.41. The van der Waals surface area contributed by atoms with Crippen molar-refractivity contribution in [2.24, 2.45) is 4.99 Å². The van der Waals surface area contributed by atoms with Crippen LogP contribution in [-0.4, -0.2) is 43.3 Å². The smallest absolute Gasteiger partial charge is 0.191 e. The zero-order valence-corrected chi connectivity index (χ0v) is 17.5. The molecule has 1 aromatic carbocycles. The number of rotatable bonds is 6. The number of guanidine groups is 1. The lowest BCUT2D eigenvalue weighted by Gasteiger charge is -2.37. The van der Waals surface area contributed by atoms with Crippen LogP contribution in [0.3, 0.4) is 0 Å². The Labute approximate surface area is 165 Å². The van der Waals surface area contributed by atoms with Gasteiger partial charge in [-0.1, -0.05) is 19.1 Å². The molecule has 2 rings (SSSR count). The minimum absolute atomic E-state index is 0. The number of thioether (sulfide) groups is 1. The van der Waals surface area contributed by atoms with E-state index in [2.05, 4.69) is 22.5 Å². The molecular weight excluding hydrogens is 440 g/mol. The molecule has 0 spiro atoms. The Bertz CT molecular complexity index is 519. The van der Waals surface area contributed by atoms with E-state index >= 15 is 0 Å². The van der Waals surface area contributed by atoms with Gasteiger partial charge in [0, 0.05) is 38.1 Å². The third kappa shape index (κ3) is 6.76. The lowest BCUT2D eigenvalue weighted by atomic mass is 9.99. The van der Waals surface area contributed by atoms with E-state index in [4.69, 9.17) is 4.74 Å². The lowest BCUT2D eigenvalue weighted by Crippen LogP contribution is -2.48. The average Bonchev–Trinajstić information content (AvgIpc) is 2.56. The largest absolute Gasteiger partial charge is 0.381 e. The first-order valence-corrected chi connectivity index (χ1v) is 9.07. The summed E-state index contributed by atoms with van der Waals surface area (Å²) in [5.74, 6) is 1.63. The zero-order valence-electron chi connectivity index (χ0n) is 14.3. The number of nitrogens with one attached hydrogen (secondary N) is 2. The standard InChI is InChI=1S/C17H26FN3OS.HI/c1-3-23-17(7-9-22-10-8-17)13-21-16(19-2)20-12-14-5-4-6-15(18)11-14;/h4-6,11H,3,7-10,12-13H2,1-2H3,(H2,19,20,21);1H. The third-order valence-electron chi connectivity index (χ3n) is 4.01. The second-order valence-electron chi connectivity index (χ2n) is 5.64. The molecule has 1 fully saturated rings. The molecule has 4 nitrogen and oxygen atoms in total. The van der Waals surface area contributed by atoms with E-state index in [1.165, 1.54) is 12.1 Å². The van der Waals surface area contributed by atoms with E-state index in [-0.39, 0.29) is 34.5 Å². The van der Waals surface area contributed by atoms with Gasteiger partial charge in [0.1, 0.15) is 5.82 Å². The molecule has 24 heavy (non-hydrogen) atoms. The molecule has 0 aliphatic carbocycles. The highest BCUT2D eigenvalue weighted by Crippen LogP contribution is 2.34. The number of nitrogens with zero attached hydrogens (tertiary/aromatic N) is 1. The SMILES string of the molecule is CCSC1(CNC(=NC)NCc2cccc(F)c2)CCOCC1.I. The highest BCUT2D eigenvalue weighted by molar-refractivity contribution is 14.0. The van der Waals surface area contributed by atoms with E-state index < -0.39 is 0 Å². The van der Waals surface area contributed by atoms with Gasteiger partial charge in [-0.2, -0.15) is 11.8 Å². The molecule has 1 aromatic rings. The van der Waals surface area contributed by atoms with E-state index in [0.717, 1.165) is 49.9 Å². The molecule has 1 heterocycles. The summed E-state index contributed by atoms with van der Waals surface area (Å²) in [5.41, 5.74) is 0.900. The Morgan fingerprint density at radius 1 is 1.33 bits per heavy atom. The van der Waals surface area contributed by atoms with Gasteiger partial charge >= 0.3 is 0 Å². The van der Waals surface area contributed by atoms with Crippen molar-refractivity contribution in [3.8, 4) is 0 Å². The van der Waals surface area contributed by atoms with Gasteiger partial charge in [0.2, 0.25) is 0 Å². The van der Waals surface area contributed by atoms with Crippen LogP contribution in [0.5, 0.6) is 0 Å². The Morgan fingerprint density at radius 2 is 2.08 bits per heavy atom. The summed E-state index contributed by atoms with van der Waals surface area (Å²) in [6, 6.07) is 6.61. The van der Waals surface area contributed by atoms with E-state index in [9.17, 15) is 4.39 Å². The maximum atomic E-state index is 13.2. The minimum atomic E-state index is -0.215. The monoisotopic (exact) mass is 467 g/mol. The van der Waals surface area contributed by atoms with Gasteiger partial charge in [-0.05, 0) is 36.3 Å². The van der Waals surface area contributed by atoms with Gasteiger partial charge in [0.25, 0.3) is 0 Å². The van der Waals surface area contributed by atoms with E-state index in [1.54, 1.807) is 13.1 Å². The number of aliphatic imine (C=N–C) groups is 1. The van der Waals surface area contributed by atoms with Crippen molar-refractivity contribution in [3.63, 3.8) is 0 Å². The first-order chi connectivity index (χ1) is 11.2. The van der Waals surface area contributed by atoms with Crippen LogP contribution in [0.1, 0.15) is 25.3 Å². The summed E-state index contributed by atoms with van der Waals surface area (Å²) in [7, 11) is 1.75. The van der Waals surface area contributed by atoms with Crippen LogP contribution >= 0.6 is 35.7 Å². The summed E-state index contributed by atoms with van der Waals surface area (Å²) in [5, 5.41) is 6.66. The predicted molar refractivity (Wildman–Crippen MR) is 111 cm³/mol. The van der Waals surface area contributed by atoms with Gasteiger partial charge in [0.05, 0.1) is 0 Å². The van der Waals surface area contributed by atoms with Crippen LogP contribution in [0.25, 0.3) is 0 Å². The molecule has 0 unspecified atom stereocenters. The quantitative estimate of drug-likeness (QED) is 0.383. The van der Waals surface area contributed by atoms with Crippen molar-refractivity contribution in [1.82, 2.24) is 10.6 Å². The molecule has 1 aliphatic rings. The van der Waals surface area contributed by atoms with Crippen LogP contribution in [0.4, 0.5) is 4.39 Å². The summed E-state index contributed by atoms with van der Waals surface area (Å²) in [4.78, 5) is 4.26. The number of halogens is 2. The summed E-state index contributed by atoms with van der Waals surface area (Å²) in [6.07, 6.45) is 2.11. The van der Waals surface area contributed by atoms with Crippen molar-refractivity contribution < 1.29 is 9.13 Å². The molecule has 1 saturated heterocycles. The molecule has 1 aliphatic heterocycles. The van der Waals surface area contributed by atoms with Crippen molar-refractivity contribution in [1.29, 1.82) is 0 Å². The Balaban J connectivity index is 0.00000288. The molecule has 2 N–H and O–H groups in total. The molecule has 7 heteroatoms. The first-order valence-electron chi connectivity index (χ1n) is 8.08. The van der Waals surface area contributed by atoms with Gasteiger partial charge in [-0.15, -0.1) is 24.0 Å². The number of ether oxygens (including phenoxy) is 1. The summed E-state index contributed by atoms with van der Waals surface area (Å²) < 4.78 is 18.9. The van der Waals surface area contributed by atoms with Crippen molar-refractivity contribution in [2.45, 2.75) is 31.1 Å². The molecule has 0 bridgehead atoms. The van der Waals surface area contributed by atoms with E-state index in [0.29, 0.717) is 6.54 Å². The zero-order chi connectivity index (χ0) is 16.5. The highest BCUT2D eigenvalue weighted by Gasteiger charge is 2.32. The summed E-state index contributed by atoms with van der Waals surface area (Å²) >= 11 is 1.99. The molecule has 0 aromatic heterocycles. The van der Waals surface area contributed by atoms with Gasteiger partial charge in [-0.3, -0.25) is 4.99 Å². The normalized spacial score (nSPS) is 17.0. The minimum Gasteiger partial charge on any atom is -0.381 e. The molecular formula is C17H27FIN3OS. The van der Waals surface area contributed by atoms with Gasteiger partial charge in [0.15, 0.2) is 5.96 Å². The van der Waals surface area contributed by atoms with Crippen molar-refractivity contribution in [3.05, 3.63) is 35.6 Å². The van der Waals surface area contributed by atoms with Crippen molar-refractivity contribution in [2.75, 3.05) is 32.6 Å². The number of hydrogen-bond acceptors (Lipinski definition) is 3. The van der Waals surface area contributed by atoms with Gasteiger partial charge in [-0.25, -0.2) is 4.39 Å². The molecule has 0 radical (unpaired) electrons. The Morgan fingerprint density at radius 3 is 2.71 bits per heavy atom. The fourth-order valence-corrected chi connectivity index (χ4v) is 3.96. The van der Waals surface area contributed by atoms with Crippen LogP contribution in [0.15, 0.2) is 29.3 Å². The van der Waals surface area contributed by atoms with Crippen LogP contribution in [0, 0.1) is 5.82 Å². The number of benzene rings is 1. The van der Waals surface area contributed by atoms with Gasteiger partial charge < -0.3 is 15.4 Å². The van der Waals surface area contributed by atoms with Crippen LogP contribution < -0.4 is 10.6 Å². The fourth-order valence-electron chi connectivity index (χ4n) is 2.72. The lowest BCUT2D eigenvalue weighted by molar-refractivity contribution is 0.0782. The maximum absolute atomic E-state index is 13.2. The first kappa shape index (κ1) is 21.5. The second-order valence-corrected chi connectivity index (χ2v) is 7.37.